The van der Waals surface area contributed by atoms with Gasteiger partial charge in [-0.2, -0.15) is 8.42 Å². The van der Waals surface area contributed by atoms with Gasteiger partial charge < -0.3 is 19.9 Å². The molecule has 9 nitrogen and oxygen atoms in total. The minimum Gasteiger partial charge on any atom is -0.427 e. The van der Waals surface area contributed by atoms with Gasteiger partial charge in [0.25, 0.3) is 10.1 Å². The van der Waals surface area contributed by atoms with E-state index in [4.69, 9.17) is 14.0 Å². The van der Waals surface area contributed by atoms with Crippen molar-refractivity contribution >= 4 is 22.5 Å². The summed E-state index contributed by atoms with van der Waals surface area (Å²) in [5.41, 5.74) is 0.746. The lowest BCUT2D eigenvalue weighted by atomic mass is 10.1. The molecule has 25 heavy (non-hydrogen) atoms. The van der Waals surface area contributed by atoms with Crippen LogP contribution in [0.15, 0.2) is 24.3 Å². The molecule has 0 radical (unpaired) electrons. The molecule has 0 aromatic heterocycles. The van der Waals surface area contributed by atoms with E-state index in [9.17, 15) is 23.1 Å². The first-order valence-electron chi connectivity index (χ1n) is 7.49. The van der Waals surface area contributed by atoms with E-state index in [-0.39, 0.29) is 18.8 Å². The zero-order valence-corrected chi connectivity index (χ0v) is 14.4. The summed E-state index contributed by atoms with van der Waals surface area (Å²) in [6, 6.07) is 5.60. The normalized spacial score (nSPS) is 13.7. The monoisotopic (exact) mass is 375 g/mol. The molecular formula is C15H21NO8S. The maximum atomic E-state index is 11.5. The number of carbonyl (C=O) groups excluding carboxylic acids is 2. The molecule has 0 saturated carbocycles. The molecule has 1 aromatic carbocycles. The molecule has 0 aliphatic carbocycles. The fourth-order valence-corrected chi connectivity index (χ4v) is 2.38. The number of nitrogens with one attached hydrogen (secondary N) is 1. The number of carbonyl (C=O) groups is 2. The molecule has 140 valence electrons. The van der Waals surface area contributed by atoms with Crippen LogP contribution in [0, 0.1) is 0 Å². The molecule has 3 N–H and O–H groups in total. The van der Waals surface area contributed by atoms with Crippen molar-refractivity contribution in [2.45, 2.75) is 32.1 Å². The Morgan fingerprint density at radius 3 is 2.48 bits per heavy atom. The van der Waals surface area contributed by atoms with Crippen LogP contribution in [0.3, 0.4) is 0 Å². The lowest BCUT2D eigenvalue weighted by molar-refractivity contribution is -0.134. The second-order valence-electron chi connectivity index (χ2n) is 5.10. The topological polar surface area (TPSA) is 139 Å². The van der Waals surface area contributed by atoms with Crippen LogP contribution in [0.2, 0.25) is 0 Å². The minimum atomic E-state index is -4.22. The first-order valence-corrected chi connectivity index (χ1v) is 9.10. The second kappa shape index (κ2) is 10.1. The largest absolute Gasteiger partial charge is 0.427 e. The molecule has 1 amide bonds. The van der Waals surface area contributed by atoms with Crippen molar-refractivity contribution in [2.24, 2.45) is 0 Å². The molecule has 0 bridgehead atoms. The number of ether oxygens (including phenoxy) is 2. The molecule has 0 heterocycles. The molecule has 0 fully saturated rings. The number of rotatable bonds is 11. The van der Waals surface area contributed by atoms with Gasteiger partial charge >= 0.3 is 5.97 Å². The number of aliphatic hydroxyl groups is 1. The summed E-state index contributed by atoms with van der Waals surface area (Å²) in [4.78, 5) is 22.1. The molecule has 1 rings (SSSR count). The van der Waals surface area contributed by atoms with Gasteiger partial charge in [-0.3, -0.25) is 14.1 Å². The van der Waals surface area contributed by atoms with E-state index in [2.05, 4.69) is 5.32 Å². The SMILES string of the molecule is CCOC(O)C(Cc1ccc(OC(=O)CCS(=O)(=O)O)cc1)NC=O. The summed E-state index contributed by atoms with van der Waals surface area (Å²) in [6.45, 7) is 2.00. The van der Waals surface area contributed by atoms with Crippen LogP contribution >= 0.6 is 0 Å². The van der Waals surface area contributed by atoms with Crippen molar-refractivity contribution in [2.75, 3.05) is 12.4 Å². The Kier molecular flexibility index (Phi) is 8.49. The first kappa shape index (κ1) is 21.0. The fourth-order valence-electron chi connectivity index (χ4n) is 1.96. The molecule has 0 saturated heterocycles. The van der Waals surface area contributed by atoms with E-state index in [1.165, 1.54) is 12.1 Å². The average molecular weight is 375 g/mol. The van der Waals surface area contributed by atoms with E-state index in [0.717, 1.165) is 5.56 Å². The van der Waals surface area contributed by atoms with Gasteiger partial charge in [-0.25, -0.2) is 0 Å². The molecule has 2 unspecified atom stereocenters. The van der Waals surface area contributed by atoms with Crippen molar-refractivity contribution in [3.63, 3.8) is 0 Å². The maximum Gasteiger partial charge on any atom is 0.312 e. The van der Waals surface area contributed by atoms with Gasteiger partial charge in [0, 0.05) is 6.61 Å². The van der Waals surface area contributed by atoms with Gasteiger partial charge in [0.05, 0.1) is 18.2 Å². The summed E-state index contributed by atoms with van der Waals surface area (Å²) in [6.07, 6.45) is -0.866. The Labute approximate surface area is 145 Å². The van der Waals surface area contributed by atoms with Crippen LogP contribution in [0.5, 0.6) is 5.75 Å². The Morgan fingerprint density at radius 2 is 1.96 bits per heavy atom. The number of esters is 1. The molecule has 0 aliphatic heterocycles. The predicted molar refractivity (Wildman–Crippen MR) is 87.4 cm³/mol. The fraction of sp³-hybridized carbons (Fsp3) is 0.467. The zero-order chi connectivity index (χ0) is 18.9. The number of benzene rings is 1. The summed E-state index contributed by atoms with van der Waals surface area (Å²) >= 11 is 0. The van der Waals surface area contributed by atoms with Crippen LogP contribution < -0.4 is 10.1 Å². The third-order valence-corrected chi connectivity index (χ3v) is 3.86. The van der Waals surface area contributed by atoms with Crippen molar-refractivity contribution in [1.82, 2.24) is 5.32 Å². The minimum absolute atomic E-state index is 0.203. The highest BCUT2D eigenvalue weighted by Crippen LogP contribution is 2.15. The smallest absolute Gasteiger partial charge is 0.312 e. The highest BCUT2D eigenvalue weighted by molar-refractivity contribution is 7.85. The van der Waals surface area contributed by atoms with E-state index in [1.54, 1.807) is 19.1 Å². The van der Waals surface area contributed by atoms with Crippen molar-refractivity contribution in [1.29, 1.82) is 0 Å². The van der Waals surface area contributed by atoms with E-state index >= 15 is 0 Å². The molecule has 0 spiro atoms. The Balaban J connectivity index is 2.62. The molecule has 10 heteroatoms. The third kappa shape index (κ3) is 8.59. The number of amides is 1. The van der Waals surface area contributed by atoms with Gasteiger partial charge in [0.2, 0.25) is 6.41 Å². The zero-order valence-electron chi connectivity index (χ0n) is 13.6. The Hall–Kier alpha value is -2.01. The summed E-state index contributed by atoms with van der Waals surface area (Å²) in [5, 5.41) is 12.3. The van der Waals surface area contributed by atoms with E-state index < -0.39 is 40.6 Å². The number of hydrogen-bond donors (Lipinski definition) is 3. The standard InChI is InChI=1S/C15H21NO8S/c1-2-23-15(19)13(16-10-17)9-11-3-5-12(6-4-11)24-14(18)7-8-25(20,21)22/h3-6,10,13,15,19H,2,7-9H2,1H3,(H,16,17)(H,20,21,22). The summed E-state index contributed by atoms with van der Waals surface area (Å²) in [5.74, 6) is -1.30. The maximum absolute atomic E-state index is 11.5. The van der Waals surface area contributed by atoms with E-state index in [1.807, 2.05) is 0 Å². The Morgan fingerprint density at radius 1 is 1.32 bits per heavy atom. The molecule has 0 aliphatic rings. The van der Waals surface area contributed by atoms with Gasteiger partial charge in [0.1, 0.15) is 5.75 Å². The second-order valence-corrected chi connectivity index (χ2v) is 6.67. The lowest BCUT2D eigenvalue weighted by Crippen LogP contribution is -2.42. The summed E-state index contributed by atoms with van der Waals surface area (Å²) in [7, 11) is -4.22. The number of aliphatic hydroxyl groups excluding tert-OH is 1. The Bertz CT molecular complexity index is 659. The van der Waals surface area contributed by atoms with E-state index in [0.29, 0.717) is 6.41 Å². The van der Waals surface area contributed by atoms with Crippen LogP contribution in [0.1, 0.15) is 18.9 Å². The van der Waals surface area contributed by atoms with Crippen LogP contribution in [-0.2, 0) is 30.9 Å². The third-order valence-electron chi connectivity index (χ3n) is 3.14. The van der Waals surface area contributed by atoms with Crippen molar-refractivity contribution in [3.8, 4) is 5.75 Å². The highest BCUT2D eigenvalue weighted by Gasteiger charge is 2.19. The average Bonchev–Trinajstić information content (AvgIpc) is 2.54. The van der Waals surface area contributed by atoms with Gasteiger partial charge in [-0.1, -0.05) is 12.1 Å². The lowest BCUT2D eigenvalue weighted by Gasteiger charge is -2.22. The van der Waals surface area contributed by atoms with Crippen molar-refractivity contribution in [3.05, 3.63) is 29.8 Å². The van der Waals surface area contributed by atoms with Gasteiger partial charge in [-0.15, -0.1) is 0 Å². The van der Waals surface area contributed by atoms with Gasteiger partial charge in [-0.05, 0) is 31.0 Å². The first-order chi connectivity index (χ1) is 11.7. The predicted octanol–water partition coefficient (Wildman–Crippen LogP) is -0.118. The van der Waals surface area contributed by atoms with Crippen LogP contribution in [0.4, 0.5) is 0 Å². The molecule has 1 aromatic rings. The summed E-state index contributed by atoms with van der Waals surface area (Å²) < 4.78 is 39.7. The number of hydrogen-bond acceptors (Lipinski definition) is 7. The molecule has 2 atom stereocenters. The quantitative estimate of drug-likeness (QED) is 0.160. The van der Waals surface area contributed by atoms with Crippen LogP contribution in [0.25, 0.3) is 0 Å². The van der Waals surface area contributed by atoms with Crippen molar-refractivity contribution < 1.29 is 37.1 Å². The highest BCUT2D eigenvalue weighted by atomic mass is 32.2. The van der Waals surface area contributed by atoms with Gasteiger partial charge in [0.15, 0.2) is 6.29 Å². The molecular weight excluding hydrogens is 354 g/mol. The van der Waals surface area contributed by atoms with Crippen LogP contribution in [-0.4, -0.2) is 55.1 Å².